The van der Waals surface area contributed by atoms with Crippen molar-refractivity contribution < 1.29 is 29.0 Å². The number of methoxy groups -OCH3 is 1. The highest BCUT2D eigenvalue weighted by Gasteiger charge is 2.58. The number of hydrogen-bond donors (Lipinski definition) is 2. The molecule has 8 nitrogen and oxygen atoms in total. The topological polar surface area (TPSA) is 105 Å². The van der Waals surface area contributed by atoms with E-state index in [1.807, 2.05) is 0 Å². The van der Waals surface area contributed by atoms with Crippen molar-refractivity contribution in [2.45, 2.75) is 32.1 Å². The fraction of sp³-hybridized carbons (Fsp3) is 0.583. The summed E-state index contributed by atoms with van der Waals surface area (Å²) in [7, 11) is 1.18. The van der Waals surface area contributed by atoms with Gasteiger partial charge in [-0.3, -0.25) is 9.59 Å². The minimum absolute atomic E-state index is 0.121. The van der Waals surface area contributed by atoms with Gasteiger partial charge in [-0.25, -0.2) is 4.79 Å². The van der Waals surface area contributed by atoms with Crippen LogP contribution in [0.2, 0.25) is 0 Å². The van der Waals surface area contributed by atoms with Crippen LogP contribution in [0.1, 0.15) is 13.8 Å². The number of nitrogens with one attached hydrogen (secondary N) is 1. The van der Waals surface area contributed by atoms with E-state index < -0.39 is 30.1 Å². The fourth-order valence-corrected chi connectivity index (χ4v) is 2.37. The summed E-state index contributed by atoms with van der Waals surface area (Å²) in [6.07, 6.45) is -1.91. The van der Waals surface area contributed by atoms with Gasteiger partial charge in [-0.2, -0.15) is 0 Å². The number of fused-ring (bicyclic) bond motifs is 1. The number of piperidine rings is 1. The molecule has 2 fully saturated rings. The lowest BCUT2D eigenvalue weighted by atomic mass is 10.1. The Bertz CT molecular complexity index is 500. The minimum Gasteiger partial charge on any atom is -0.464 e. The van der Waals surface area contributed by atoms with Gasteiger partial charge in [-0.15, -0.1) is 0 Å². The summed E-state index contributed by atoms with van der Waals surface area (Å²) >= 11 is 0. The Hall–Kier alpha value is -2.09. The van der Waals surface area contributed by atoms with Gasteiger partial charge >= 0.3 is 11.9 Å². The van der Waals surface area contributed by atoms with E-state index in [0.717, 1.165) is 0 Å². The zero-order valence-corrected chi connectivity index (χ0v) is 11.4. The van der Waals surface area contributed by atoms with Crippen LogP contribution in [-0.2, 0) is 23.9 Å². The van der Waals surface area contributed by atoms with Gasteiger partial charge in [0.25, 0.3) is 0 Å². The second kappa shape index (κ2) is 5.12. The minimum atomic E-state index is -1.17. The molecule has 8 heteroatoms. The monoisotopic (exact) mass is 284 g/mol. The maximum atomic E-state index is 11.7. The number of carbonyl (C=O) groups excluding carboxylic acids is 3. The van der Waals surface area contributed by atoms with Crippen LogP contribution in [0.4, 0.5) is 0 Å². The van der Waals surface area contributed by atoms with Crippen LogP contribution in [0.5, 0.6) is 0 Å². The number of nitrogens with zero attached hydrogens (tertiary/aromatic N) is 1. The van der Waals surface area contributed by atoms with Gasteiger partial charge in [-0.1, -0.05) is 0 Å². The summed E-state index contributed by atoms with van der Waals surface area (Å²) in [4.78, 5) is 35.6. The van der Waals surface area contributed by atoms with Crippen molar-refractivity contribution in [3.05, 3.63) is 11.4 Å². The van der Waals surface area contributed by atoms with Crippen molar-refractivity contribution in [2.24, 2.45) is 0 Å². The molecule has 2 aliphatic rings. The molecule has 0 aromatic rings. The third-order valence-electron chi connectivity index (χ3n) is 3.18. The van der Waals surface area contributed by atoms with Crippen molar-refractivity contribution in [2.75, 3.05) is 13.7 Å². The molecule has 2 N–H and O–H groups in total. The van der Waals surface area contributed by atoms with E-state index in [1.54, 1.807) is 4.90 Å². The van der Waals surface area contributed by atoms with Crippen LogP contribution >= 0.6 is 0 Å². The Morgan fingerprint density at radius 2 is 2.00 bits per heavy atom. The number of rotatable bonds is 3. The normalized spacial score (nSPS) is 29.4. The summed E-state index contributed by atoms with van der Waals surface area (Å²) in [6, 6.07) is -0.169. The first-order valence-electron chi connectivity index (χ1n) is 6.08. The summed E-state index contributed by atoms with van der Waals surface area (Å²) in [5, 5.41) is 12.5. The van der Waals surface area contributed by atoms with E-state index >= 15 is 0 Å². The number of aliphatic hydroxyl groups excluding tert-OH is 1. The largest absolute Gasteiger partial charge is 0.464 e. The van der Waals surface area contributed by atoms with Crippen molar-refractivity contribution in [1.29, 1.82) is 0 Å². The maximum Gasteiger partial charge on any atom is 0.356 e. The number of aliphatic hydroxyl groups is 1. The molecule has 0 aromatic heterocycles. The molecule has 2 rings (SSSR count). The van der Waals surface area contributed by atoms with Crippen molar-refractivity contribution in [3.8, 4) is 0 Å². The highest BCUT2D eigenvalue weighted by atomic mass is 16.6. The quantitative estimate of drug-likeness (QED) is 0.369. The van der Waals surface area contributed by atoms with Gasteiger partial charge in [0.05, 0.1) is 18.8 Å². The predicted molar refractivity (Wildman–Crippen MR) is 64.9 cm³/mol. The number of ether oxygens (including phenoxy) is 2. The molecule has 0 bridgehead atoms. The lowest BCUT2D eigenvalue weighted by Gasteiger charge is -2.19. The molecule has 0 unspecified atom stereocenters. The Morgan fingerprint density at radius 1 is 1.35 bits per heavy atom. The van der Waals surface area contributed by atoms with Crippen LogP contribution in [-0.4, -0.2) is 59.8 Å². The van der Waals surface area contributed by atoms with Crippen LogP contribution in [0, 0.1) is 0 Å². The van der Waals surface area contributed by atoms with E-state index in [1.165, 1.54) is 21.0 Å². The number of esters is 2. The number of amides is 1. The van der Waals surface area contributed by atoms with Crippen LogP contribution < -0.4 is 5.32 Å². The first-order valence-corrected chi connectivity index (χ1v) is 6.08. The lowest BCUT2D eigenvalue weighted by molar-refractivity contribution is -0.149. The average Bonchev–Trinajstić information content (AvgIpc) is 3.08. The highest BCUT2D eigenvalue weighted by Crippen LogP contribution is 2.42. The summed E-state index contributed by atoms with van der Waals surface area (Å²) in [5.74, 6) is -1.73. The number of carbonyl (C=O) groups is 3. The molecule has 0 aliphatic carbocycles. The Labute approximate surface area is 115 Å². The molecule has 2 aliphatic heterocycles. The van der Waals surface area contributed by atoms with Gasteiger partial charge < -0.3 is 24.8 Å². The zero-order chi connectivity index (χ0) is 15.0. The molecule has 0 saturated carbocycles. The Balaban J connectivity index is 2.33. The van der Waals surface area contributed by atoms with Crippen molar-refractivity contribution in [3.63, 3.8) is 0 Å². The van der Waals surface area contributed by atoms with E-state index in [0.29, 0.717) is 6.54 Å². The molecular weight excluding hydrogens is 268 g/mol. The van der Waals surface area contributed by atoms with Gasteiger partial charge in [0.2, 0.25) is 5.91 Å². The van der Waals surface area contributed by atoms with E-state index in [-0.39, 0.29) is 17.4 Å². The van der Waals surface area contributed by atoms with Gasteiger partial charge in [-0.05, 0) is 0 Å². The SMILES string of the molecule is COC(=O)/C(NC(C)=O)=C1/[C@@H](O)[C@H](OC(C)=O)[C@@H]2CN12. The molecule has 2 heterocycles. The van der Waals surface area contributed by atoms with Crippen LogP contribution in [0.15, 0.2) is 11.4 Å². The first-order chi connectivity index (χ1) is 9.36. The summed E-state index contributed by atoms with van der Waals surface area (Å²) < 4.78 is 9.65. The molecule has 2 saturated heterocycles. The molecule has 0 aromatic carbocycles. The average molecular weight is 284 g/mol. The highest BCUT2D eigenvalue weighted by molar-refractivity contribution is 5.94. The molecule has 0 radical (unpaired) electrons. The molecule has 110 valence electrons. The van der Waals surface area contributed by atoms with Crippen molar-refractivity contribution >= 4 is 17.8 Å². The zero-order valence-electron chi connectivity index (χ0n) is 11.4. The Morgan fingerprint density at radius 3 is 2.50 bits per heavy atom. The summed E-state index contributed by atoms with van der Waals surface area (Å²) in [6.45, 7) is 3.04. The smallest absolute Gasteiger partial charge is 0.356 e. The van der Waals surface area contributed by atoms with E-state index in [4.69, 9.17) is 4.74 Å². The van der Waals surface area contributed by atoms with Crippen LogP contribution in [0.3, 0.4) is 0 Å². The van der Waals surface area contributed by atoms with Crippen molar-refractivity contribution in [1.82, 2.24) is 10.2 Å². The van der Waals surface area contributed by atoms with Gasteiger partial charge in [0, 0.05) is 20.4 Å². The maximum absolute atomic E-state index is 11.7. The fourth-order valence-electron chi connectivity index (χ4n) is 2.37. The van der Waals surface area contributed by atoms with E-state index in [9.17, 15) is 19.5 Å². The molecule has 0 spiro atoms. The lowest BCUT2D eigenvalue weighted by Crippen LogP contribution is -2.36. The molecule has 3 atom stereocenters. The molecule has 20 heavy (non-hydrogen) atoms. The predicted octanol–water partition coefficient (Wildman–Crippen LogP) is -1.50. The van der Waals surface area contributed by atoms with Crippen LogP contribution in [0.25, 0.3) is 0 Å². The molecular formula is C12H16N2O6. The Kier molecular flexibility index (Phi) is 3.67. The second-order valence-electron chi connectivity index (χ2n) is 4.67. The third-order valence-corrected chi connectivity index (χ3v) is 3.18. The second-order valence-corrected chi connectivity index (χ2v) is 4.67. The number of hydrogen-bond acceptors (Lipinski definition) is 7. The first kappa shape index (κ1) is 14.3. The summed E-state index contributed by atoms with van der Waals surface area (Å²) in [5.41, 5.74) is 0.105. The van der Waals surface area contributed by atoms with E-state index in [2.05, 4.69) is 10.1 Å². The van der Waals surface area contributed by atoms with Gasteiger partial charge in [0.1, 0.15) is 11.8 Å². The van der Waals surface area contributed by atoms with Gasteiger partial charge in [0.15, 0.2) is 6.10 Å². The third kappa shape index (κ3) is 2.46. The molecule has 1 amide bonds. The standard InChI is InChI=1S/C12H16N2O6/c1-5(15)13-8(12(18)19-3)9-10(17)11(20-6(2)16)7-4-14(7)9/h7,10-11,17H,4H2,1-3H3,(H,13,15)/b9-8+/t7-,10+,11+,14?/m0/s1.